The fourth-order valence-corrected chi connectivity index (χ4v) is 4.24. The number of aromatic nitrogens is 1. The molecule has 2 aliphatic rings. The minimum atomic E-state index is 0.105. The standard InChI is InChI=1S/C21H26N4O2S/c1-15-3-2-4-16(11-15)21-23-18(14-28-21)12-20(27)25-9-7-24(8-10-25)13-19(26)22-17-5-6-17/h2-4,11,14,17H,5-10,12-13H2,1H3,(H,22,26). The second-order valence-electron chi connectivity index (χ2n) is 7.69. The Labute approximate surface area is 169 Å². The van der Waals surface area contributed by atoms with Gasteiger partial charge in [0.25, 0.3) is 0 Å². The van der Waals surface area contributed by atoms with E-state index in [9.17, 15) is 9.59 Å². The summed E-state index contributed by atoms with van der Waals surface area (Å²) in [5, 5.41) is 5.96. The van der Waals surface area contributed by atoms with Gasteiger partial charge in [-0.3, -0.25) is 14.5 Å². The SMILES string of the molecule is Cc1cccc(-c2nc(CC(=O)N3CCN(CC(=O)NC4CC4)CC3)cs2)c1. The van der Waals surface area contributed by atoms with Gasteiger partial charge in [0.1, 0.15) is 5.01 Å². The molecular formula is C21H26N4O2S. The van der Waals surface area contributed by atoms with Crippen molar-refractivity contribution in [3.63, 3.8) is 0 Å². The van der Waals surface area contributed by atoms with Gasteiger partial charge in [-0.05, 0) is 25.8 Å². The van der Waals surface area contributed by atoms with Gasteiger partial charge in [0.2, 0.25) is 11.8 Å². The Morgan fingerprint density at radius 1 is 1.21 bits per heavy atom. The van der Waals surface area contributed by atoms with Gasteiger partial charge in [-0.1, -0.05) is 23.8 Å². The Morgan fingerprint density at radius 3 is 2.71 bits per heavy atom. The largest absolute Gasteiger partial charge is 0.352 e. The van der Waals surface area contributed by atoms with Gasteiger partial charge in [0, 0.05) is 43.2 Å². The molecule has 0 bridgehead atoms. The van der Waals surface area contributed by atoms with Crippen LogP contribution in [0.3, 0.4) is 0 Å². The Balaban J connectivity index is 1.26. The number of hydrogen-bond acceptors (Lipinski definition) is 5. The highest BCUT2D eigenvalue weighted by Gasteiger charge is 2.26. The lowest BCUT2D eigenvalue weighted by molar-refractivity contribution is -0.132. The molecule has 1 N–H and O–H groups in total. The number of nitrogens with one attached hydrogen (secondary N) is 1. The number of carbonyl (C=O) groups excluding carboxylic acids is 2. The van der Waals surface area contributed by atoms with Crippen LogP contribution in [0.25, 0.3) is 10.6 Å². The zero-order chi connectivity index (χ0) is 19.5. The van der Waals surface area contributed by atoms with Crippen molar-refractivity contribution in [2.24, 2.45) is 0 Å². The molecular weight excluding hydrogens is 372 g/mol. The van der Waals surface area contributed by atoms with Crippen molar-refractivity contribution >= 4 is 23.2 Å². The van der Waals surface area contributed by atoms with Crippen molar-refractivity contribution in [1.82, 2.24) is 20.1 Å². The van der Waals surface area contributed by atoms with E-state index in [0.717, 1.165) is 42.2 Å². The average molecular weight is 399 g/mol. The van der Waals surface area contributed by atoms with E-state index in [1.807, 2.05) is 16.3 Å². The highest BCUT2D eigenvalue weighted by atomic mass is 32.1. The van der Waals surface area contributed by atoms with Crippen LogP contribution in [0.4, 0.5) is 0 Å². The summed E-state index contributed by atoms with van der Waals surface area (Å²) >= 11 is 1.58. The summed E-state index contributed by atoms with van der Waals surface area (Å²) < 4.78 is 0. The minimum absolute atomic E-state index is 0.105. The fraction of sp³-hybridized carbons (Fsp3) is 0.476. The van der Waals surface area contributed by atoms with Gasteiger partial charge in [-0.15, -0.1) is 11.3 Å². The predicted molar refractivity (Wildman–Crippen MR) is 110 cm³/mol. The number of amides is 2. The van der Waals surface area contributed by atoms with Crippen molar-refractivity contribution in [3.05, 3.63) is 40.9 Å². The third-order valence-electron chi connectivity index (χ3n) is 5.18. The number of piperazine rings is 1. The molecule has 1 aromatic carbocycles. The fourth-order valence-electron chi connectivity index (χ4n) is 3.43. The zero-order valence-corrected chi connectivity index (χ0v) is 17.0. The van der Waals surface area contributed by atoms with Crippen LogP contribution in [0.15, 0.2) is 29.6 Å². The quantitative estimate of drug-likeness (QED) is 0.809. The average Bonchev–Trinajstić information content (AvgIpc) is 3.36. The second-order valence-corrected chi connectivity index (χ2v) is 8.55. The van der Waals surface area contributed by atoms with Gasteiger partial charge in [-0.25, -0.2) is 4.98 Å². The van der Waals surface area contributed by atoms with Crippen LogP contribution in [-0.2, 0) is 16.0 Å². The van der Waals surface area contributed by atoms with Crippen molar-refractivity contribution < 1.29 is 9.59 Å². The Bertz CT molecular complexity index is 854. The highest BCUT2D eigenvalue weighted by molar-refractivity contribution is 7.13. The summed E-state index contributed by atoms with van der Waals surface area (Å²) in [7, 11) is 0. The third kappa shape index (κ3) is 4.97. The topological polar surface area (TPSA) is 65.5 Å². The molecule has 7 heteroatoms. The van der Waals surface area contributed by atoms with E-state index in [1.54, 1.807) is 11.3 Å². The van der Waals surface area contributed by atoms with Crippen LogP contribution < -0.4 is 5.32 Å². The Hall–Kier alpha value is -2.25. The van der Waals surface area contributed by atoms with Crippen LogP contribution in [0.5, 0.6) is 0 Å². The maximum atomic E-state index is 12.6. The van der Waals surface area contributed by atoms with E-state index >= 15 is 0 Å². The molecule has 1 saturated heterocycles. The number of carbonyl (C=O) groups is 2. The second kappa shape index (κ2) is 8.41. The minimum Gasteiger partial charge on any atom is -0.352 e. The number of rotatable bonds is 6. The molecule has 6 nitrogen and oxygen atoms in total. The molecule has 2 heterocycles. The molecule has 1 aliphatic heterocycles. The molecule has 0 unspecified atom stereocenters. The van der Waals surface area contributed by atoms with Crippen molar-refractivity contribution in [1.29, 1.82) is 0 Å². The molecule has 0 spiro atoms. The molecule has 28 heavy (non-hydrogen) atoms. The summed E-state index contributed by atoms with van der Waals surface area (Å²) in [5.74, 6) is 0.219. The molecule has 1 aliphatic carbocycles. The lowest BCUT2D eigenvalue weighted by Crippen LogP contribution is -2.51. The van der Waals surface area contributed by atoms with Gasteiger partial charge >= 0.3 is 0 Å². The van der Waals surface area contributed by atoms with E-state index in [-0.39, 0.29) is 11.8 Å². The number of hydrogen-bond donors (Lipinski definition) is 1. The number of nitrogens with zero attached hydrogens (tertiary/aromatic N) is 3. The van der Waals surface area contributed by atoms with Crippen LogP contribution in [0, 0.1) is 6.92 Å². The van der Waals surface area contributed by atoms with Gasteiger partial charge < -0.3 is 10.2 Å². The first-order chi connectivity index (χ1) is 13.6. The van der Waals surface area contributed by atoms with E-state index in [0.29, 0.717) is 32.1 Å². The number of benzene rings is 1. The number of aryl methyl sites for hydroxylation is 1. The predicted octanol–water partition coefficient (Wildman–Crippen LogP) is 2.08. The van der Waals surface area contributed by atoms with E-state index in [1.165, 1.54) is 5.56 Å². The molecule has 148 valence electrons. The van der Waals surface area contributed by atoms with Crippen LogP contribution in [-0.4, -0.2) is 65.4 Å². The first-order valence-electron chi connectivity index (χ1n) is 9.88. The summed E-state index contributed by atoms with van der Waals surface area (Å²) in [4.78, 5) is 33.2. The number of thiazole rings is 1. The molecule has 1 saturated carbocycles. The van der Waals surface area contributed by atoms with E-state index in [2.05, 4.69) is 40.3 Å². The molecule has 1 aromatic heterocycles. The monoisotopic (exact) mass is 398 g/mol. The summed E-state index contributed by atoms with van der Waals surface area (Å²) in [6.45, 7) is 5.33. The molecule has 2 amide bonds. The van der Waals surface area contributed by atoms with Crippen molar-refractivity contribution in [2.45, 2.75) is 32.2 Å². The normalized spacial score (nSPS) is 17.5. The molecule has 2 aromatic rings. The van der Waals surface area contributed by atoms with Gasteiger partial charge in [0.15, 0.2) is 0 Å². The summed E-state index contributed by atoms with van der Waals surface area (Å²) in [6.07, 6.45) is 2.55. The van der Waals surface area contributed by atoms with Crippen LogP contribution >= 0.6 is 11.3 Å². The first kappa shape index (κ1) is 19.1. The van der Waals surface area contributed by atoms with Crippen LogP contribution in [0.2, 0.25) is 0 Å². The molecule has 4 rings (SSSR count). The lowest BCUT2D eigenvalue weighted by Gasteiger charge is -2.34. The lowest BCUT2D eigenvalue weighted by atomic mass is 10.1. The van der Waals surface area contributed by atoms with Gasteiger partial charge in [-0.2, -0.15) is 0 Å². The maximum absolute atomic E-state index is 12.6. The van der Waals surface area contributed by atoms with Gasteiger partial charge in [0.05, 0.1) is 18.7 Å². The zero-order valence-electron chi connectivity index (χ0n) is 16.2. The highest BCUT2D eigenvalue weighted by Crippen LogP contribution is 2.25. The molecule has 2 fully saturated rings. The first-order valence-corrected chi connectivity index (χ1v) is 10.8. The molecule has 0 radical (unpaired) electrons. The summed E-state index contributed by atoms with van der Waals surface area (Å²) in [5.41, 5.74) is 3.13. The maximum Gasteiger partial charge on any atom is 0.234 e. The smallest absolute Gasteiger partial charge is 0.234 e. The third-order valence-corrected chi connectivity index (χ3v) is 6.12. The molecule has 0 atom stereocenters. The Morgan fingerprint density at radius 2 is 2.00 bits per heavy atom. The summed E-state index contributed by atoms with van der Waals surface area (Å²) in [6, 6.07) is 8.66. The van der Waals surface area contributed by atoms with Crippen molar-refractivity contribution in [3.8, 4) is 10.6 Å². The van der Waals surface area contributed by atoms with Crippen molar-refractivity contribution in [2.75, 3.05) is 32.7 Å². The van der Waals surface area contributed by atoms with Crippen LogP contribution in [0.1, 0.15) is 24.1 Å². The Kier molecular flexibility index (Phi) is 5.73. The van der Waals surface area contributed by atoms with E-state index in [4.69, 9.17) is 0 Å². The van der Waals surface area contributed by atoms with E-state index < -0.39 is 0 Å².